The van der Waals surface area contributed by atoms with Gasteiger partial charge >= 0.3 is 12.1 Å². The molecule has 5 amide bonds. The number of aliphatic hydroxyl groups excluding tert-OH is 2. The minimum absolute atomic E-state index is 0.00503. The van der Waals surface area contributed by atoms with Crippen LogP contribution in [0.2, 0.25) is 0 Å². The fourth-order valence-corrected chi connectivity index (χ4v) is 8.57. The van der Waals surface area contributed by atoms with E-state index in [4.69, 9.17) is 9.47 Å². The Morgan fingerprint density at radius 2 is 1.77 bits per heavy atom. The van der Waals surface area contributed by atoms with E-state index in [0.717, 1.165) is 33.1 Å². The van der Waals surface area contributed by atoms with Crippen LogP contribution in [-0.2, 0) is 45.2 Å². The van der Waals surface area contributed by atoms with Gasteiger partial charge in [0.25, 0.3) is 5.91 Å². The minimum atomic E-state index is -1.24. The molecule has 0 saturated carbocycles. The third-order valence-electron chi connectivity index (χ3n) is 11.2. The summed E-state index contributed by atoms with van der Waals surface area (Å²) in [6.07, 6.45) is -0.308. The van der Waals surface area contributed by atoms with E-state index in [1.165, 1.54) is 23.3 Å². The molecule has 0 aliphatic carbocycles. The molecule has 2 aromatic heterocycles. The Labute approximate surface area is 360 Å². The predicted molar refractivity (Wildman–Crippen MR) is 228 cm³/mol. The van der Waals surface area contributed by atoms with Crippen LogP contribution in [0.3, 0.4) is 0 Å². The van der Waals surface area contributed by atoms with E-state index >= 15 is 0 Å². The van der Waals surface area contributed by atoms with E-state index in [0.29, 0.717) is 32.7 Å². The quantitative estimate of drug-likeness (QED) is 0.100. The summed E-state index contributed by atoms with van der Waals surface area (Å²) in [6.45, 7) is 5.32. The highest BCUT2D eigenvalue weighted by Crippen LogP contribution is 2.25. The SMILES string of the molecule is CCC(C)C(C(=O)NC(Cc1ccccc1)C(O)CN(Cc1ccc(-c2ccccn2)cc1)NC(=O)C1CC(O)CN1C(=O)OC)N1CCN(Cc2csc(COC)n2)C1=O. The number of hydrazine groups is 1. The van der Waals surface area contributed by atoms with Crippen molar-refractivity contribution in [3.8, 4) is 11.3 Å². The number of hydrogen-bond donors (Lipinski definition) is 4. The van der Waals surface area contributed by atoms with Crippen molar-refractivity contribution < 1.29 is 38.9 Å². The van der Waals surface area contributed by atoms with Crippen molar-refractivity contribution in [1.82, 2.24) is 40.4 Å². The first-order valence-electron chi connectivity index (χ1n) is 20.6. The van der Waals surface area contributed by atoms with E-state index in [-0.39, 0.29) is 44.4 Å². The molecule has 4 heterocycles. The largest absolute Gasteiger partial charge is 0.453 e. The number of benzene rings is 2. The third-order valence-corrected chi connectivity index (χ3v) is 12.1. The third kappa shape index (κ3) is 11.7. The summed E-state index contributed by atoms with van der Waals surface area (Å²) in [4.78, 5) is 68.5. The number of likely N-dealkylation sites (tertiary alicyclic amines) is 1. The zero-order valence-corrected chi connectivity index (χ0v) is 35.9. The summed E-state index contributed by atoms with van der Waals surface area (Å²) in [5.41, 5.74) is 7.01. The first-order valence-corrected chi connectivity index (χ1v) is 21.4. The van der Waals surface area contributed by atoms with Crippen molar-refractivity contribution in [1.29, 1.82) is 0 Å². The number of amides is 5. The molecular formula is C44H56N8O8S. The van der Waals surface area contributed by atoms with Gasteiger partial charge < -0.3 is 34.8 Å². The highest BCUT2D eigenvalue weighted by molar-refractivity contribution is 7.09. The Bertz CT molecular complexity index is 2060. The molecule has 0 radical (unpaired) electrons. The number of carbonyl (C=O) groups excluding carboxylic acids is 4. The fourth-order valence-electron chi connectivity index (χ4n) is 7.81. The molecule has 2 fully saturated rings. The summed E-state index contributed by atoms with van der Waals surface area (Å²) in [5, 5.41) is 30.0. The van der Waals surface area contributed by atoms with Gasteiger partial charge in [-0.2, -0.15) is 0 Å². The van der Waals surface area contributed by atoms with Gasteiger partial charge in [0.05, 0.1) is 56.4 Å². The van der Waals surface area contributed by atoms with E-state index in [1.54, 1.807) is 28.1 Å². The standard InChI is InChI=1S/C44H56N8O8S/c1-5-29(2)40(51-20-19-49(43(51)57)24-33-28-61-39(46-33)27-59-3)42(56)47-36(21-30-11-7-6-8-12-30)38(54)26-50(48-41(55)37-22-34(53)25-52(37)44(58)60-4)23-31-14-16-32(17-15-31)35-13-9-10-18-45-35/h6-18,28-29,34,36-38,40,53-54H,5,19-27H2,1-4H3,(H,47,56)(H,48,55). The Hall–Kier alpha value is -5.46. The van der Waals surface area contributed by atoms with Crippen molar-refractivity contribution in [3.05, 3.63) is 106 Å². The topological polar surface area (TPSA) is 190 Å². The Balaban J connectivity index is 1.23. The molecule has 0 spiro atoms. The molecule has 0 bridgehead atoms. The average Bonchev–Trinajstić information content (AvgIpc) is 3.99. The van der Waals surface area contributed by atoms with Gasteiger partial charge in [-0.25, -0.2) is 19.6 Å². The second-order valence-corrected chi connectivity index (χ2v) is 16.5. The lowest BCUT2D eigenvalue weighted by atomic mass is 9.95. The van der Waals surface area contributed by atoms with E-state index in [9.17, 15) is 29.4 Å². The zero-order chi connectivity index (χ0) is 43.5. The van der Waals surface area contributed by atoms with Crippen molar-refractivity contribution in [2.45, 2.75) is 83.1 Å². The Morgan fingerprint density at radius 1 is 1.02 bits per heavy atom. The van der Waals surface area contributed by atoms with Crippen molar-refractivity contribution in [2.24, 2.45) is 5.92 Å². The molecule has 326 valence electrons. The van der Waals surface area contributed by atoms with Crippen LogP contribution in [0.4, 0.5) is 9.59 Å². The van der Waals surface area contributed by atoms with Crippen molar-refractivity contribution in [2.75, 3.05) is 40.4 Å². The first kappa shape index (κ1) is 45.1. The lowest BCUT2D eigenvalue weighted by Gasteiger charge is -2.35. The minimum Gasteiger partial charge on any atom is -0.453 e. The van der Waals surface area contributed by atoms with Gasteiger partial charge in [0.2, 0.25) is 5.91 Å². The lowest BCUT2D eigenvalue weighted by molar-refractivity contribution is -0.132. The van der Waals surface area contributed by atoms with Gasteiger partial charge in [-0.05, 0) is 35.6 Å². The number of methoxy groups -OCH3 is 2. The number of aliphatic hydroxyl groups is 2. The number of urea groups is 1. The summed E-state index contributed by atoms with van der Waals surface area (Å²) < 4.78 is 10.1. The number of aromatic nitrogens is 2. The highest BCUT2D eigenvalue weighted by Gasteiger charge is 2.42. The van der Waals surface area contributed by atoms with Crippen LogP contribution < -0.4 is 10.7 Å². The molecule has 2 aliphatic rings. The molecule has 16 nitrogen and oxygen atoms in total. The van der Waals surface area contributed by atoms with Gasteiger partial charge in [-0.15, -0.1) is 11.3 Å². The molecule has 2 aromatic carbocycles. The molecular weight excluding hydrogens is 801 g/mol. The van der Waals surface area contributed by atoms with Crippen LogP contribution in [0.1, 0.15) is 48.5 Å². The second-order valence-electron chi connectivity index (χ2n) is 15.6. The number of ether oxygens (including phenoxy) is 2. The average molecular weight is 857 g/mol. The van der Waals surface area contributed by atoms with Gasteiger partial charge in [0, 0.05) is 56.9 Å². The lowest BCUT2D eigenvalue weighted by Crippen LogP contribution is -2.59. The van der Waals surface area contributed by atoms with Gasteiger partial charge in [0.15, 0.2) is 0 Å². The molecule has 6 atom stereocenters. The predicted octanol–water partition coefficient (Wildman–Crippen LogP) is 3.83. The second kappa shape index (κ2) is 21.4. The molecule has 4 aromatic rings. The van der Waals surface area contributed by atoms with E-state index in [1.807, 2.05) is 92.0 Å². The van der Waals surface area contributed by atoms with Gasteiger partial charge in [-0.1, -0.05) is 80.9 Å². The number of rotatable bonds is 19. The van der Waals surface area contributed by atoms with Gasteiger partial charge in [-0.3, -0.25) is 24.9 Å². The molecule has 2 saturated heterocycles. The van der Waals surface area contributed by atoms with Crippen LogP contribution in [-0.4, -0.2) is 135 Å². The number of hydrogen-bond acceptors (Lipinski definition) is 12. The maximum atomic E-state index is 14.5. The van der Waals surface area contributed by atoms with Crippen molar-refractivity contribution in [3.63, 3.8) is 0 Å². The van der Waals surface area contributed by atoms with Crippen molar-refractivity contribution >= 4 is 35.3 Å². The number of nitrogens with one attached hydrogen (secondary N) is 2. The van der Waals surface area contributed by atoms with Crippen LogP contribution in [0.15, 0.2) is 84.4 Å². The van der Waals surface area contributed by atoms with Gasteiger partial charge in [0.1, 0.15) is 17.1 Å². The number of pyridine rings is 1. The summed E-state index contributed by atoms with van der Waals surface area (Å²) >= 11 is 1.47. The summed E-state index contributed by atoms with van der Waals surface area (Å²) in [5.74, 6) is -1.17. The Morgan fingerprint density at radius 3 is 2.46 bits per heavy atom. The summed E-state index contributed by atoms with van der Waals surface area (Å²) in [6, 6.07) is 19.8. The smallest absolute Gasteiger partial charge is 0.410 e. The maximum absolute atomic E-state index is 14.5. The molecule has 4 N–H and O–H groups in total. The molecule has 6 unspecified atom stereocenters. The van der Waals surface area contributed by atoms with Crippen LogP contribution >= 0.6 is 11.3 Å². The van der Waals surface area contributed by atoms with Crippen LogP contribution in [0.25, 0.3) is 11.3 Å². The number of nitrogens with zero attached hydrogens (tertiary/aromatic N) is 6. The first-order chi connectivity index (χ1) is 29.5. The van der Waals surface area contributed by atoms with Crippen LogP contribution in [0.5, 0.6) is 0 Å². The van der Waals surface area contributed by atoms with E-state index in [2.05, 4.69) is 20.7 Å². The van der Waals surface area contributed by atoms with Crippen LogP contribution in [0, 0.1) is 5.92 Å². The molecule has 2 aliphatic heterocycles. The Kier molecular flexibility index (Phi) is 15.8. The normalized spacial score (nSPS) is 18.5. The summed E-state index contributed by atoms with van der Waals surface area (Å²) in [7, 11) is 2.82. The number of carbonyl (C=O) groups is 4. The number of β-amino-alcohol motifs (C(OH)–C–C–N with tert-alkyl or cyclic N) is 1. The zero-order valence-electron chi connectivity index (χ0n) is 35.1. The highest BCUT2D eigenvalue weighted by atomic mass is 32.1. The number of thiazole rings is 1. The fraction of sp³-hybridized carbons (Fsp3) is 0.455. The molecule has 17 heteroatoms. The molecule has 61 heavy (non-hydrogen) atoms. The molecule has 6 rings (SSSR count). The monoisotopic (exact) mass is 856 g/mol. The van der Waals surface area contributed by atoms with E-state index < -0.39 is 48.2 Å². The maximum Gasteiger partial charge on any atom is 0.410 e.